The minimum Gasteiger partial charge on any atom is -0.481 e. The molecule has 158 valence electrons. The van der Waals surface area contributed by atoms with E-state index in [1.54, 1.807) is 0 Å². The Kier molecular flexibility index (Phi) is 6.19. The Hall–Kier alpha value is -2.91. The average molecular weight is 411 g/mol. The van der Waals surface area contributed by atoms with Gasteiger partial charge in [0, 0.05) is 0 Å². The van der Waals surface area contributed by atoms with Gasteiger partial charge in [0.05, 0.1) is 31.4 Å². The zero-order valence-electron chi connectivity index (χ0n) is 15.0. The summed E-state index contributed by atoms with van der Waals surface area (Å²) in [5.74, 6) is -1.90. The third-order valence-electron chi connectivity index (χ3n) is 4.47. The lowest BCUT2D eigenvalue weighted by molar-refractivity contribution is -0.185. The Bertz CT molecular complexity index is 876. The number of amides is 1. The molecule has 2 aromatic rings. The molecule has 29 heavy (non-hydrogen) atoms. The van der Waals surface area contributed by atoms with Gasteiger partial charge in [-0.3, -0.25) is 9.59 Å². The van der Waals surface area contributed by atoms with E-state index >= 15 is 0 Å². The van der Waals surface area contributed by atoms with E-state index in [-0.39, 0.29) is 5.82 Å². The van der Waals surface area contributed by atoms with Crippen LogP contribution in [0.4, 0.5) is 5.82 Å². The van der Waals surface area contributed by atoms with E-state index in [4.69, 9.17) is 15.6 Å². The van der Waals surface area contributed by atoms with Crippen molar-refractivity contribution in [1.29, 1.82) is 0 Å². The van der Waals surface area contributed by atoms with Gasteiger partial charge < -0.3 is 46.5 Å². The maximum Gasteiger partial charge on any atom is 0.305 e. The van der Waals surface area contributed by atoms with Crippen LogP contribution in [-0.4, -0.2) is 95.5 Å². The van der Waals surface area contributed by atoms with Crippen molar-refractivity contribution in [1.82, 2.24) is 25.3 Å². The molecule has 0 aromatic carbocycles. The molecule has 6 atom stereocenters. The van der Waals surface area contributed by atoms with Crippen molar-refractivity contribution in [3.05, 3.63) is 12.7 Å². The van der Waals surface area contributed by atoms with Crippen LogP contribution in [0.2, 0.25) is 0 Å². The molecular formula is C15H21N7O7. The fraction of sp³-hybridized carbons (Fsp3) is 0.533. The van der Waals surface area contributed by atoms with Crippen molar-refractivity contribution in [3.63, 3.8) is 0 Å². The molecule has 0 spiro atoms. The second-order valence-corrected chi connectivity index (χ2v) is 6.47. The van der Waals surface area contributed by atoms with Gasteiger partial charge >= 0.3 is 5.97 Å². The van der Waals surface area contributed by atoms with Crippen molar-refractivity contribution in [2.45, 2.75) is 43.0 Å². The fourth-order valence-corrected chi connectivity index (χ4v) is 2.98. The van der Waals surface area contributed by atoms with Crippen LogP contribution in [0.3, 0.4) is 0 Å². The van der Waals surface area contributed by atoms with Crippen molar-refractivity contribution in [2.75, 3.05) is 11.9 Å². The SMILES string of the molecule is N[C@H](CC(=O)O)C(=O)N[C@@H]1[C@@H](O)[C@H](O)[C@@H](Nc2ncnc3nc[nH]c23)O[C@H]1CO. The van der Waals surface area contributed by atoms with Crippen molar-refractivity contribution < 1.29 is 34.8 Å². The number of hydrogen-bond donors (Lipinski definition) is 8. The third kappa shape index (κ3) is 4.41. The van der Waals surface area contributed by atoms with E-state index in [0.29, 0.717) is 11.2 Å². The molecule has 0 bridgehead atoms. The molecule has 0 aliphatic carbocycles. The molecule has 14 heteroatoms. The molecular weight excluding hydrogens is 390 g/mol. The number of nitrogens with two attached hydrogens (primary N) is 1. The summed E-state index contributed by atoms with van der Waals surface area (Å²) in [6, 6.07) is -2.60. The summed E-state index contributed by atoms with van der Waals surface area (Å²) in [5, 5.41) is 44.4. The van der Waals surface area contributed by atoms with E-state index in [9.17, 15) is 24.9 Å². The highest BCUT2D eigenvalue weighted by atomic mass is 16.5. The first-order chi connectivity index (χ1) is 13.8. The van der Waals surface area contributed by atoms with Gasteiger partial charge in [-0.05, 0) is 0 Å². The zero-order chi connectivity index (χ0) is 21.1. The number of nitrogens with zero attached hydrogens (tertiary/aromatic N) is 3. The van der Waals surface area contributed by atoms with Gasteiger partial charge in [0.15, 0.2) is 17.7 Å². The highest BCUT2D eigenvalue weighted by molar-refractivity contribution is 5.86. The lowest BCUT2D eigenvalue weighted by Gasteiger charge is -2.43. The normalized spacial score (nSPS) is 28.1. The number of fused-ring (bicyclic) bond motifs is 1. The van der Waals surface area contributed by atoms with Gasteiger partial charge in [-0.1, -0.05) is 0 Å². The van der Waals surface area contributed by atoms with E-state index < -0.39 is 61.5 Å². The summed E-state index contributed by atoms with van der Waals surface area (Å²) in [5.41, 5.74) is 6.30. The number of rotatable bonds is 7. The fourth-order valence-electron chi connectivity index (χ4n) is 2.98. The minimum atomic E-state index is -1.56. The predicted octanol–water partition coefficient (Wildman–Crippen LogP) is -3.51. The van der Waals surface area contributed by atoms with Gasteiger partial charge in [0.25, 0.3) is 0 Å². The summed E-state index contributed by atoms with van der Waals surface area (Å²) in [7, 11) is 0. The molecule has 2 aromatic heterocycles. The predicted molar refractivity (Wildman–Crippen MR) is 95.2 cm³/mol. The number of aromatic nitrogens is 4. The molecule has 0 radical (unpaired) electrons. The topological polar surface area (TPSA) is 229 Å². The molecule has 1 saturated heterocycles. The number of imidazole rings is 1. The summed E-state index contributed by atoms with van der Waals surface area (Å²) < 4.78 is 5.58. The third-order valence-corrected chi connectivity index (χ3v) is 4.47. The van der Waals surface area contributed by atoms with Crippen LogP contribution in [-0.2, 0) is 14.3 Å². The lowest BCUT2D eigenvalue weighted by Crippen LogP contribution is -2.67. The van der Waals surface area contributed by atoms with Crippen LogP contribution in [0.1, 0.15) is 6.42 Å². The van der Waals surface area contributed by atoms with Crippen LogP contribution >= 0.6 is 0 Å². The first-order valence-electron chi connectivity index (χ1n) is 8.62. The van der Waals surface area contributed by atoms with Crippen molar-refractivity contribution in [2.24, 2.45) is 5.73 Å². The van der Waals surface area contributed by atoms with Crippen LogP contribution in [0, 0.1) is 0 Å². The monoisotopic (exact) mass is 411 g/mol. The molecule has 0 saturated carbocycles. The van der Waals surface area contributed by atoms with Crippen LogP contribution < -0.4 is 16.4 Å². The number of carboxylic acid groups (broad SMARTS) is 1. The second kappa shape index (κ2) is 8.62. The molecule has 0 unspecified atom stereocenters. The Labute approximate surface area is 163 Å². The van der Waals surface area contributed by atoms with E-state index in [0.717, 1.165) is 0 Å². The van der Waals surface area contributed by atoms with E-state index in [1.165, 1.54) is 12.7 Å². The number of anilines is 1. The maximum absolute atomic E-state index is 12.1. The van der Waals surface area contributed by atoms with Gasteiger partial charge in [-0.15, -0.1) is 0 Å². The van der Waals surface area contributed by atoms with Crippen LogP contribution in [0.25, 0.3) is 11.2 Å². The minimum absolute atomic E-state index is 0.242. The Morgan fingerprint density at radius 2 is 2.03 bits per heavy atom. The first kappa shape index (κ1) is 20.8. The highest BCUT2D eigenvalue weighted by Crippen LogP contribution is 2.24. The molecule has 3 rings (SSSR count). The smallest absolute Gasteiger partial charge is 0.305 e. The number of carbonyl (C=O) groups excluding carboxylic acids is 1. The summed E-state index contributed by atoms with van der Waals surface area (Å²) >= 11 is 0. The van der Waals surface area contributed by atoms with Crippen LogP contribution in [0.15, 0.2) is 12.7 Å². The molecule has 1 aliphatic heterocycles. The number of aromatic amines is 1. The number of ether oxygens (including phenoxy) is 1. The Morgan fingerprint density at radius 3 is 2.72 bits per heavy atom. The zero-order valence-corrected chi connectivity index (χ0v) is 15.0. The molecule has 9 N–H and O–H groups in total. The van der Waals surface area contributed by atoms with Crippen molar-refractivity contribution in [3.8, 4) is 0 Å². The summed E-state index contributed by atoms with van der Waals surface area (Å²) in [6.07, 6.45) is -3.38. The largest absolute Gasteiger partial charge is 0.481 e. The van der Waals surface area contributed by atoms with E-state index in [2.05, 4.69) is 30.6 Å². The lowest BCUT2D eigenvalue weighted by atomic mass is 9.95. The number of nitrogens with one attached hydrogen (secondary N) is 3. The standard InChI is InChI=1S/C15H21N7O7/c16-5(1-7(24)25)14(28)21-8-6(2-23)29-15(11(27)10(8)26)22-13-9-12(18-3-17-9)19-4-20-13/h3-6,8,10-11,15,23,26-27H,1-2,16H2,(H,21,28)(H,24,25)(H2,17,18,19,20,22)/t5-,6+,8+,10-,11+,15+/m1/s1. The van der Waals surface area contributed by atoms with Gasteiger partial charge in [0.2, 0.25) is 5.91 Å². The highest BCUT2D eigenvalue weighted by Gasteiger charge is 2.45. The van der Waals surface area contributed by atoms with Crippen LogP contribution in [0.5, 0.6) is 0 Å². The second-order valence-electron chi connectivity index (χ2n) is 6.47. The Morgan fingerprint density at radius 1 is 1.28 bits per heavy atom. The van der Waals surface area contributed by atoms with Crippen molar-refractivity contribution >= 4 is 28.9 Å². The number of aliphatic hydroxyl groups is 3. The Balaban J connectivity index is 1.73. The number of carboxylic acids is 1. The molecule has 1 aliphatic rings. The number of hydrogen-bond acceptors (Lipinski definition) is 11. The molecule has 1 amide bonds. The number of aliphatic hydroxyl groups excluding tert-OH is 3. The maximum atomic E-state index is 12.1. The number of H-pyrrole nitrogens is 1. The number of carbonyl (C=O) groups is 2. The average Bonchev–Trinajstić information content (AvgIpc) is 3.16. The first-order valence-corrected chi connectivity index (χ1v) is 8.62. The molecule has 1 fully saturated rings. The summed E-state index contributed by atoms with van der Waals surface area (Å²) in [4.78, 5) is 37.6. The molecule has 3 heterocycles. The number of aliphatic carboxylic acids is 1. The quantitative estimate of drug-likeness (QED) is 0.222. The van der Waals surface area contributed by atoms with E-state index in [1.807, 2.05) is 0 Å². The van der Waals surface area contributed by atoms with Gasteiger partial charge in [-0.2, -0.15) is 0 Å². The summed E-state index contributed by atoms with van der Waals surface area (Å²) in [6.45, 7) is -0.607. The van der Waals surface area contributed by atoms with Gasteiger partial charge in [0.1, 0.15) is 30.2 Å². The molecule has 14 nitrogen and oxygen atoms in total. The van der Waals surface area contributed by atoms with Gasteiger partial charge in [-0.25, -0.2) is 15.0 Å².